The molecule has 0 aliphatic carbocycles. The molecule has 0 amide bonds. The largest absolute Gasteiger partial charge is 0.329 e. The number of nitriles is 1. The minimum absolute atomic E-state index is 0.223. The average molecular weight is 334 g/mol. The number of hydrogen-bond acceptors (Lipinski definition) is 2. The topological polar surface area (TPSA) is 27.0 Å². The summed E-state index contributed by atoms with van der Waals surface area (Å²) < 4.78 is 0. The molecule has 0 saturated heterocycles. The van der Waals surface area contributed by atoms with Crippen molar-refractivity contribution in [3.05, 3.63) is 114 Å². The van der Waals surface area contributed by atoms with Crippen molar-refractivity contribution in [3.63, 3.8) is 0 Å². The van der Waals surface area contributed by atoms with Gasteiger partial charge < -0.3 is 4.90 Å². The van der Waals surface area contributed by atoms with E-state index in [0.29, 0.717) is 5.57 Å². The van der Waals surface area contributed by atoms with Crippen molar-refractivity contribution in [1.29, 1.82) is 5.26 Å². The molecule has 1 heterocycles. The van der Waals surface area contributed by atoms with Gasteiger partial charge in [-0.3, -0.25) is 0 Å². The molecular formula is C24H18N2. The van der Waals surface area contributed by atoms with Crippen LogP contribution in [0, 0.1) is 11.3 Å². The van der Waals surface area contributed by atoms with Crippen LogP contribution in [0.15, 0.2) is 97.1 Å². The van der Waals surface area contributed by atoms with Crippen molar-refractivity contribution in [3.8, 4) is 6.07 Å². The predicted octanol–water partition coefficient (Wildman–Crippen LogP) is 5.83. The van der Waals surface area contributed by atoms with E-state index in [-0.39, 0.29) is 6.04 Å². The first-order valence-corrected chi connectivity index (χ1v) is 8.59. The van der Waals surface area contributed by atoms with Crippen molar-refractivity contribution < 1.29 is 0 Å². The Morgan fingerprint density at radius 1 is 0.846 bits per heavy atom. The molecule has 0 N–H and O–H groups in total. The van der Waals surface area contributed by atoms with E-state index in [1.807, 2.05) is 48.5 Å². The second-order valence-electron chi connectivity index (χ2n) is 6.27. The van der Waals surface area contributed by atoms with Gasteiger partial charge >= 0.3 is 0 Å². The Kier molecular flexibility index (Phi) is 4.13. The fourth-order valence-corrected chi connectivity index (χ4v) is 3.50. The van der Waals surface area contributed by atoms with E-state index in [1.54, 1.807) is 0 Å². The molecule has 0 bridgehead atoms. The fraction of sp³-hybridized carbons (Fsp3) is 0.0417. The summed E-state index contributed by atoms with van der Waals surface area (Å²) in [7, 11) is 0. The van der Waals surface area contributed by atoms with Crippen molar-refractivity contribution in [2.24, 2.45) is 0 Å². The van der Waals surface area contributed by atoms with E-state index in [2.05, 4.69) is 60.0 Å². The quantitative estimate of drug-likeness (QED) is 0.564. The smallest absolute Gasteiger partial charge is 0.0966 e. The lowest BCUT2D eigenvalue weighted by Crippen LogP contribution is -2.31. The Morgan fingerprint density at radius 3 is 2.15 bits per heavy atom. The predicted molar refractivity (Wildman–Crippen MR) is 107 cm³/mol. The molecule has 124 valence electrons. The number of nitrogens with zero attached hydrogens (tertiary/aromatic N) is 2. The van der Waals surface area contributed by atoms with E-state index in [1.165, 1.54) is 0 Å². The highest BCUT2D eigenvalue weighted by molar-refractivity contribution is 5.94. The van der Waals surface area contributed by atoms with E-state index < -0.39 is 0 Å². The number of anilines is 1. The molecule has 1 atom stereocenters. The molecule has 1 aliphatic rings. The molecule has 0 saturated carbocycles. The van der Waals surface area contributed by atoms with Gasteiger partial charge in [-0.15, -0.1) is 0 Å². The third-order valence-electron chi connectivity index (χ3n) is 4.68. The molecule has 0 spiro atoms. The van der Waals surface area contributed by atoms with Gasteiger partial charge in [-0.1, -0.05) is 79.4 Å². The zero-order valence-corrected chi connectivity index (χ0v) is 14.3. The Balaban J connectivity index is 2.00. The normalized spacial score (nSPS) is 15.6. The summed E-state index contributed by atoms with van der Waals surface area (Å²) in [4.78, 5) is 2.21. The molecule has 0 radical (unpaired) electrons. The van der Waals surface area contributed by atoms with Crippen molar-refractivity contribution in [2.75, 3.05) is 4.90 Å². The van der Waals surface area contributed by atoms with Gasteiger partial charge in [0.15, 0.2) is 0 Å². The maximum absolute atomic E-state index is 9.64. The van der Waals surface area contributed by atoms with Gasteiger partial charge in [0.1, 0.15) is 0 Å². The van der Waals surface area contributed by atoms with Gasteiger partial charge in [-0.2, -0.15) is 5.26 Å². The van der Waals surface area contributed by atoms with E-state index in [9.17, 15) is 5.26 Å². The lowest BCUT2D eigenvalue weighted by atomic mass is 9.88. The zero-order chi connectivity index (χ0) is 17.9. The van der Waals surface area contributed by atoms with E-state index in [0.717, 1.165) is 28.1 Å². The van der Waals surface area contributed by atoms with Crippen molar-refractivity contribution in [2.45, 2.75) is 6.04 Å². The average Bonchev–Trinajstić information content (AvgIpc) is 2.73. The minimum atomic E-state index is -0.223. The van der Waals surface area contributed by atoms with Crippen LogP contribution in [-0.4, -0.2) is 0 Å². The van der Waals surface area contributed by atoms with Crippen LogP contribution >= 0.6 is 0 Å². The van der Waals surface area contributed by atoms with Gasteiger partial charge in [0.25, 0.3) is 0 Å². The molecule has 2 nitrogen and oxygen atoms in total. The van der Waals surface area contributed by atoms with E-state index >= 15 is 0 Å². The van der Waals surface area contributed by atoms with Crippen LogP contribution in [-0.2, 0) is 0 Å². The Morgan fingerprint density at radius 2 is 1.46 bits per heavy atom. The maximum Gasteiger partial charge on any atom is 0.0966 e. The molecule has 4 rings (SSSR count). The van der Waals surface area contributed by atoms with E-state index in [4.69, 9.17) is 0 Å². The molecule has 1 aliphatic heterocycles. The second kappa shape index (κ2) is 6.74. The number of fused-ring (bicyclic) bond motifs is 1. The van der Waals surface area contributed by atoms with Gasteiger partial charge in [0.05, 0.1) is 12.1 Å². The van der Waals surface area contributed by atoms with Gasteiger partial charge in [0.2, 0.25) is 0 Å². The van der Waals surface area contributed by atoms with Gasteiger partial charge in [-0.25, -0.2) is 0 Å². The van der Waals surface area contributed by atoms with Crippen LogP contribution < -0.4 is 4.90 Å². The minimum Gasteiger partial charge on any atom is -0.329 e. The van der Waals surface area contributed by atoms with Gasteiger partial charge in [-0.05, 0) is 34.9 Å². The summed E-state index contributed by atoms with van der Waals surface area (Å²) in [6.07, 6.45) is 2.19. The number of para-hydroxylation sites is 1. The standard InChI is InChI=1S/C24H18N2/c1-18(17-25)24-22-15-9-8-12-20(22)16-23(19-10-4-2-5-11-19)26(24)21-13-6-3-7-14-21/h2-16,24H,1H2. The first-order chi connectivity index (χ1) is 12.8. The molecular weight excluding hydrogens is 316 g/mol. The second-order valence-corrected chi connectivity index (χ2v) is 6.27. The third-order valence-corrected chi connectivity index (χ3v) is 4.68. The molecule has 3 aromatic carbocycles. The van der Waals surface area contributed by atoms with Crippen molar-refractivity contribution >= 4 is 17.5 Å². The Bertz CT molecular complexity index is 1010. The number of rotatable bonds is 3. The van der Waals surface area contributed by atoms with Crippen molar-refractivity contribution in [1.82, 2.24) is 0 Å². The molecule has 0 fully saturated rings. The molecule has 2 heteroatoms. The lowest BCUT2D eigenvalue weighted by molar-refractivity contribution is 0.821. The third kappa shape index (κ3) is 2.70. The first-order valence-electron chi connectivity index (χ1n) is 8.59. The SMILES string of the molecule is C=C(C#N)C1c2ccccc2C=C(c2ccccc2)N1c1ccccc1. The van der Waals surface area contributed by atoms with Crippen LogP contribution in [0.4, 0.5) is 5.69 Å². The first kappa shape index (κ1) is 15.9. The summed E-state index contributed by atoms with van der Waals surface area (Å²) in [5, 5.41) is 9.64. The molecule has 3 aromatic rings. The number of hydrogen-bond donors (Lipinski definition) is 0. The summed E-state index contributed by atoms with van der Waals surface area (Å²) >= 11 is 0. The van der Waals surface area contributed by atoms with Gasteiger partial charge in [0, 0.05) is 17.0 Å². The molecule has 26 heavy (non-hydrogen) atoms. The fourth-order valence-electron chi connectivity index (χ4n) is 3.50. The summed E-state index contributed by atoms with van der Waals surface area (Å²) in [6.45, 7) is 4.07. The highest BCUT2D eigenvalue weighted by atomic mass is 15.2. The van der Waals surface area contributed by atoms with Crippen LogP contribution in [0.2, 0.25) is 0 Å². The lowest BCUT2D eigenvalue weighted by Gasteiger charge is -2.39. The summed E-state index contributed by atoms with van der Waals surface area (Å²) in [5.74, 6) is 0. The van der Waals surface area contributed by atoms with Crippen LogP contribution in [0.1, 0.15) is 22.7 Å². The van der Waals surface area contributed by atoms with Crippen LogP contribution in [0.3, 0.4) is 0 Å². The monoisotopic (exact) mass is 334 g/mol. The maximum atomic E-state index is 9.64. The van der Waals surface area contributed by atoms with Crippen LogP contribution in [0.25, 0.3) is 11.8 Å². The summed E-state index contributed by atoms with van der Waals surface area (Å²) in [6, 6.07) is 30.7. The summed E-state index contributed by atoms with van der Waals surface area (Å²) in [5.41, 5.74) is 5.97. The number of benzene rings is 3. The Labute approximate surface area is 154 Å². The highest BCUT2D eigenvalue weighted by Gasteiger charge is 2.32. The van der Waals surface area contributed by atoms with Crippen LogP contribution in [0.5, 0.6) is 0 Å². The zero-order valence-electron chi connectivity index (χ0n) is 14.3. The highest BCUT2D eigenvalue weighted by Crippen LogP contribution is 2.44. The molecule has 1 unspecified atom stereocenters. The molecule has 0 aromatic heterocycles. The Hall–Kier alpha value is -3.57.